The Kier molecular flexibility index (Phi) is 21.2. The molecule has 22 heteroatoms. The molecule has 0 radical (unpaired) electrons. The van der Waals surface area contributed by atoms with Crippen LogP contribution in [0, 0.1) is 23.7 Å². The predicted molar refractivity (Wildman–Crippen MR) is 324 cm³/mol. The molecule has 4 aliphatic rings. The number of likely N-dealkylation sites (tertiary alicyclic amines) is 2. The van der Waals surface area contributed by atoms with Crippen molar-refractivity contribution in [1.82, 2.24) is 40.3 Å². The van der Waals surface area contributed by atoms with Crippen molar-refractivity contribution in [2.75, 3.05) is 109 Å². The summed E-state index contributed by atoms with van der Waals surface area (Å²) < 4.78 is 29.8. The number of benzene rings is 3. The summed E-state index contributed by atoms with van der Waals surface area (Å²) in [6, 6.07) is 22.8. The summed E-state index contributed by atoms with van der Waals surface area (Å²) in [5, 5.41) is 28.6. The Balaban J connectivity index is 0.679. The number of aliphatic hydroxyl groups excluding tert-OH is 1. The van der Waals surface area contributed by atoms with E-state index in [0.717, 1.165) is 70.4 Å². The largest absolute Gasteiger partial charge is 0.462 e. The highest BCUT2D eigenvalue weighted by atomic mass is 32.1. The zero-order valence-electron chi connectivity index (χ0n) is 49.7. The second kappa shape index (κ2) is 28.9. The Morgan fingerprint density at radius 1 is 0.871 bits per heavy atom. The third-order valence-corrected chi connectivity index (χ3v) is 17.3. The van der Waals surface area contributed by atoms with Gasteiger partial charge < -0.3 is 59.0 Å². The number of hydrogen-bond donors (Lipinski definition) is 3. The number of carbonyl (C=O) groups excluding carboxylic acids is 4. The normalized spacial score (nSPS) is 20.7. The minimum atomic E-state index is -0.986. The number of aliphatic hydroxyl groups is 1. The van der Waals surface area contributed by atoms with Gasteiger partial charge in [0.2, 0.25) is 23.6 Å². The molecule has 0 bridgehead atoms. The molecule has 7 atom stereocenters. The van der Waals surface area contributed by atoms with Crippen molar-refractivity contribution in [3.63, 3.8) is 0 Å². The van der Waals surface area contributed by atoms with Crippen LogP contribution < -0.4 is 25.2 Å². The summed E-state index contributed by atoms with van der Waals surface area (Å²) in [6.07, 6.45) is 2.15. The van der Waals surface area contributed by atoms with Gasteiger partial charge in [-0.2, -0.15) is 15.2 Å². The van der Waals surface area contributed by atoms with Crippen LogP contribution in [-0.2, 0) is 51.1 Å². The quantitative estimate of drug-likeness (QED) is 0.0474. The molecule has 0 aliphatic carbocycles. The Labute approximate surface area is 502 Å². The molecule has 4 aliphatic heterocycles. The van der Waals surface area contributed by atoms with E-state index in [1.807, 2.05) is 64.4 Å². The molecule has 3 fully saturated rings. The lowest BCUT2D eigenvalue weighted by atomic mass is 9.85. The van der Waals surface area contributed by atoms with Crippen LogP contribution in [0.1, 0.15) is 75.5 Å². The number of aryl methyl sites for hydroxylation is 1. The number of thiazole rings is 1. The van der Waals surface area contributed by atoms with Gasteiger partial charge in [0.05, 0.1) is 105 Å². The van der Waals surface area contributed by atoms with E-state index in [4.69, 9.17) is 33.7 Å². The molecule has 0 unspecified atom stereocenters. The highest BCUT2D eigenvalue weighted by Gasteiger charge is 2.45. The van der Waals surface area contributed by atoms with E-state index >= 15 is 0 Å². The maximum absolute atomic E-state index is 14.1. The van der Waals surface area contributed by atoms with Gasteiger partial charge >= 0.3 is 6.01 Å². The first-order chi connectivity index (χ1) is 41.0. The number of carbonyl (C=O) groups is 4. The van der Waals surface area contributed by atoms with Crippen molar-refractivity contribution in [1.29, 1.82) is 5.26 Å². The van der Waals surface area contributed by atoms with Gasteiger partial charge in [-0.05, 0) is 67.8 Å². The molecule has 85 heavy (non-hydrogen) atoms. The fourth-order valence-electron chi connectivity index (χ4n) is 11.8. The van der Waals surface area contributed by atoms with Gasteiger partial charge in [0.15, 0.2) is 0 Å². The first-order valence-electron chi connectivity index (χ1n) is 29.4. The van der Waals surface area contributed by atoms with Crippen LogP contribution in [-0.4, -0.2) is 194 Å². The number of nitrogens with one attached hydrogen (secondary N) is 2. The number of hydrogen-bond acceptors (Lipinski definition) is 18. The number of amides is 4. The molecule has 5 aromatic rings. The fourth-order valence-corrected chi connectivity index (χ4v) is 12.6. The SMILES string of the molecule is C=CC(=O)N1CCN(c2nc(OC[C@@H]3C[C@@H](OCCOCCOCCOCC(=O)N[C@H](C(=O)N4C[C@H](O)C[C@H]4C(=O)N[C@@H](C)c4ccc(-c5scnc5C)cc4)C(C)(C)C)CN3C)nc3c2CCN(c2cccc4ccccc24)C3)C[C@@H]1CC#N. The molecule has 6 heterocycles. The van der Waals surface area contributed by atoms with E-state index in [0.29, 0.717) is 65.2 Å². The standard InChI is InChI=1S/C63H81N11O10S/c1-8-56(77)73-25-24-72(34-46(73)20-22-64)59-51-21-23-71(53-15-11-13-44-12-9-10-14-50(44)53)37-52(51)67-62(69-59)84-38-47-32-49(36-70(47)7)83-31-30-81-27-26-80-28-29-82-39-55(76)68-58(63(4,5)6)61(79)74-35-48(75)33-54(74)60(78)66-41(2)43-16-18-45(19-17-43)57-42(3)65-40-85-57/h8-19,40-41,46-49,54,58,75H,1,20-21,23-39H2,2-7H3,(H,66,78)(H,68,76)/t41-,46-,47-,48+,49+,54-,58+/m0/s1. The average Bonchev–Trinajstić information content (AvgIpc) is 3.61. The smallest absolute Gasteiger partial charge is 0.318 e. The summed E-state index contributed by atoms with van der Waals surface area (Å²) in [5.74, 6) is -0.712. The predicted octanol–water partition coefficient (Wildman–Crippen LogP) is 5.63. The summed E-state index contributed by atoms with van der Waals surface area (Å²) in [7, 11) is 2.06. The minimum Gasteiger partial charge on any atom is -0.462 e. The molecule has 3 N–H and O–H groups in total. The summed E-state index contributed by atoms with van der Waals surface area (Å²) in [5.41, 5.74) is 7.09. The third-order valence-electron chi connectivity index (χ3n) is 16.4. The summed E-state index contributed by atoms with van der Waals surface area (Å²) in [6.45, 7) is 18.4. The number of nitrogens with zero attached hydrogens (tertiary/aromatic N) is 9. The number of piperazine rings is 1. The first kappa shape index (κ1) is 62.4. The number of anilines is 2. The minimum absolute atomic E-state index is 0.0224. The number of aromatic nitrogens is 3. The van der Waals surface area contributed by atoms with Gasteiger partial charge in [-0.1, -0.05) is 88.0 Å². The van der Waals surface area contributed by atoms with Crippen LogP contribution in [0.2, 0.25) is 0 Å². The monoisotopic (exact) mass is 1180 g/mol. The van der Waals surface area contributed by atoms with Gasteiger partial charge in [0.1, 0.15) is 31.1 Å². The van der Waals surface area contributed by atoms with Crippen LogP contribution in [0.4, 0.5) is 11.5 Å². The lowest BCUT2D eigenvalue weighted by Crippen LogP contribution is -2.58. The van der Waals surface area contributed by atoms with E-state index < -0.39 is 35.4 Å². The zero-order valence-corrected chi connectivity index (χ0v) is 50.6. The van der Waals surface area contributed by atoms with Crippen LogP contribution in [0.3, 0.4) is 0 Å². The molecular weight excluding hydrogens is 1100 g/mol. The second-order valence-electron chi connectivity index (χ2n) is 23.4. The maximum atomic E-state index is 14.1. The Morgan fingerprint density at radius 3 is 2.34 bits per heavy atom. The number of nitriles is 1. The lowest BCUT2D eigenvalue weighted by molar-refractivity contribution is -0.144. The Bertz CT molecular complexity index is 3160. The molecule has 9 rings (SSSR count). The summed E-state index contributed by atoms with van der Waals surface area (Å²) >= 11 is 1.57. The van der Waals surface area contributed by atoms with E-state index in [9.17, 15) is 29.5 Å². The lowest BCUT2D eigenvalue weighted by Gasteiger charge is -2.42. The maximum Gasteiger partial charge on any atom is 0.318 e. The van der Waals surface area contributed by atoms with Crippen molar-refractivity contribution in [3.05, 3.63) is 107 Å². The first-order valence-corrected chi connectivity index (χ1v) is 30.3. The molecule has 0 saturated carbocycles. The number of β-amino-alcohol motifs (C(OH)–C–C–N with tert-alkyl or cyclic N) is 1. The molecule has 0 spiro atoms. The average molecular weight is 1180 g/mol. The molecule has 3 saturated heterocycles. The number of ether oxygens (including phenoxy) is 5. The van der Waals surface area contributed by atoms with Gasteiger partial charge in [-0.3, -0.25) is 24.1 Å². The topological polar surface area (TPSA) is 237 Å². The molecule has 3 aromatic carbocycles. The van der Waals surface area contributed by atoms with Crippen molar-refractivity contribution < 1.29 is 48.0 Å². The highest BCUT2D eigenvalue weighted by molar-refractivity contribution is 7.13. The van der Waals surface area contributed by atoms with E-state index in [1.54, 1.807) is 16.2 Å². The number of fused-ring (bicyclic) bond motifs is 2. The number of likely N-dealkylation sites (N-methyl/N-ethyl adjacent to an activating group) is 1. The Morgan fingerprint density at radius 2 is 1.61 bits per heavy atom. The molecular formula is C63H81N11O10S. The van der Waals surface area contributed by atoms with E-state index in [1.165, 1.54) is 21.7 Å². The van der Waals surface area contributed by atoms with Crippen molar-refractivity contribution in [2.24, 2.45) is 5.41 Å². The molecule has 2 aromatic heterocycles. The van der Waals surface area contributed by atoms with Crippen molar-refractivity contribution >= 4 is 57.2 Å². The van der Waals surface area contributed by atoms with Crippen molar-refractivity contribution in [3.8, 4) is 22.5 Å². The van der Waals surface area contributed by atoms with Gasteiger partial charge in [0.25, 0.3) is 0 Å². The Hall–Kier alpha value is -7.10. The summed E-state index contributed by atoms with van der Waals surface area (Å²) in [4.78, 5) is 79.2. The zero-order chi connectivity index (χ0) is 60.2. The molecule has 454 valence electrons. The van der Waals surface area contributed by atoms with Crippen LogP contribution >= 0.6 is 11.3 Å². The number of rotatable bonds is 25. The second-order valence-corrected chi connectivity index (χ2v) is 24.3. The van der Waals surface area contributed by atoms with E-state index in [2.05, 4.69) is 92.5 Å². The third kappa shape index (κ3) is 15.7. The van der Waals surface area contributed by atoms with Crippen LogP contribution in [0.25, 0.3) is 21.2 Å². The van der Waals surface area contributed by atoms with E-state index in [-0.39, 0.29) is 75.3 Å². The highest BCUT2D eigenvalue weighted by Crippen LogP contribution is 2.36. The van der Waals surface area contributed by atoms with Crippen molar-refractivity contribution in [2.45, 2.75) is 109 Å². The van der Waals surface area contributed by atoms with Gasteiger partial charge in [-0.25, -0.2) is 4.98 Å². The van der Waals surface area contributed by atoms with Gasteiger partial charge in [-0.15, -0.1) is 11.3 Å². The fraction of sp³-hybridized carbons (Fsp3) is 0.524. The molecule has 21 nitrogen and oxygen atoms in total. The van der Waals surface area contributed by atoms with Crippen LogP contribution in [0.15, 0.2) is 84.9 Å². The van der Waals surface area contributed by atoms with Crippen LogP contribution in [0.5, 0.6) is 6.01 Å². The van der Waals surface area contributed by atoms with Gasteiger partial charge in [0, 0.05) is 68.4 Å². The molecule has 4 amide bonds.